The summed E-state index contributed by atoms with van der Waals surface area (Å²) in [7, 11) is 0. The van der Waals surface area contributed by atoms with Crippen molar-refractivity contribution in [1.82, 2.24) is 0 Å². The summed E-state index contributed by atoms with van der Waals surface area (Å²) >= 11 is 0. The quantitative estimate of drug-likeness (QED) is 0.840. The third-order valence-corrected chi connectivity index (χ3v) is 3.09. The second-order valence-electron chi connectivity index (χ2n) is 4.39. The van der Waals surface area contributed by atoms with Crippen LogP contribution in [0, 0.1) is 0 Å². The Balaban J connectivity index is 1.98. The molecule has 92 valence electrons. The molecular weight excluding hydrogens is 218 g/mol. The van der Waals surface area contributed by atoms with Gasteiger partial charge in [-0.3, -0.25) is 0 Å². The average Bonchev–Trinajstić information content (AvgIpc) is 2.46. The van der Waals surface area contributed by atoms with Crippen molar-refractivity contribution in [3.05, 3.63) is 77.9 Å². The maximum Gasteiger partial charge on any atom is -0.000421 e. The first-order chi connectivity index (χ1) is 8.90. The van der Waals surface area contributed by atoms with Crippen LogP contribution < -0.4 is 5.73 Å². The van der Waals surface area contributed by atoms with Gasteiger partial charge in [-0.15, -0.1) is 0 Å². The van der Waals surface area contributed by atoms with Gasteiger partial charge in [-0.05, 0) is 30.0 Å². The van der Waals surface area contributed by atoms with E-state index in [2.05, 4.69) is 60.7 Å². The standard InChI is InChI=1S/C17H19N/c18-14-17(16-11-5-2-6-12-16)13-7-10-15-8-3-1-4-9-15/h1-12,17H,13-14,18H2/b10-7-. The van der Waals surface area contributed by atoms with Crippen molar-refractivity contribution in [3.8, 4) is 0 Å². The van der Waals surface area contributed by atoms with E-state index in [1.54, 1.807) is 0 Å². The Bertz CT molecular complexity index is 473. The zero-order valence-electron chi connectivity index (χ0n) is 10.5. The van der Waals surface area contributed by atoms with Gasteiger partial charge in [-0.25, -0.2) is 0 Å². The molecule has 2 aromatic carbocycles. The first kappa shape index (κ1) is 12.6. The summed E-state index contributed by atoms with van der Waals surface area (Å²) in [5.74, 6) is 0.408. The maximum atomic E-state index is 5.85. The number of benzene rings is 2. The van der Waals surface area contributed by atoms with Crippen molar-refractivity contribution < 1.29 is 0 Å². The van der Waals surface area contributed by atoms with Gasteiger partial charge in [0, 0.05) is 0 Å². The second-order valence-corrected chi connectivity index (χ2v) is 4.39. The minimum atomic E-state index is 0.408. The van der Waals surface area contributed by atoms with Crippen molar-refractivity contribution >= 4 is 6.08 Å². The Morgan fingerprint density at radius 2 is 1.50 bits per heavy atom. The third-order valence-electron chi connectivity index (χ3n) is 3.09. The zero-order valence-corrected chi connectivity index (χ0v) is 10.5. The summed E-state index contributed by atoms with van der Waals surface area (Å²) in [4.78, 5) is 0. The van der Waals surface area contributed by atoms with Gasteiger partial charge in [-0.2, -0.15) is 0 Å². The highest BCUT2D eigenvalue weighted by Crippen LogP contribution is 2.19. The molecule has 0 spiro atoms. The van der Waals surface area contributed by atoms with Crippen LogP contribution in [0.3, 0.4) is 0 Å². The molecule has 2 aromatic rings. The van der Waals surface area contributed by atoms with Gasteiger partial charge in [0.2, 0.25) is 0 Å². The minimum Gasteiger partial charge on any atom is -0.330 e. The van der Waals surface area contributed by atoms with E-state index in [9.17, 15) is 0 Å². The smallest absolute Gasteiger partial charge is 0.000421 e. The summed E-state index contributed by atoms with van der Waals surface area (Å²) in [5, 5.41) is 0. The summed E-state index contributed by atoms with van der Waals surface area (Å²) in [6, 6.07) is 20.8. The predicted molar refractivity (Wildman–Crippen MR) is 78.3 cm³/mol. The molecule has 0 bridgehead atoms. The van der Waals surface area contributed by atoms with Crippen molar-refractivity contribution in [2.45, 2.75) is 12.3 Å². The fourth-order valence-corrected chi connectivity index (χ4v) is 2.03. The van der Waals surface area contributed by atoms with Gasteiger partial charge in [0.1, 0.15) is 0 Å². The van der Waals surface area contributed by atoms with Crippen LogP contribution in [0.25, 0.3) is 6.08 Å². The SMILES string of the molecule is NCC(C/C=C\c1ccccc1)c1ccccc1. The molecule has 1 unspecified atom stereocenters. The molecule has 0 aliphatic heterocycles. The summed E-state index contributed by atoms with van der Waals surface area (Å²) in [6.07, 6.45) is 5.35. The van der Waals surface area contributed by atoms with Gasteiger partial charge in [-0.1, -0.05) is 72.8 Å². The fourth-order valence-electron chi connectivity index (χ4n) is 2.03. The van der Waals surface area contributed by atoms with Crippen LogP contribution in [0.15, 0.2) is 66.7 Å². The Hall–Kier alpha value is -1.86. The molecule has 0 aliphatic rings. The van der Waals surface area contributed by atoms with Crippen LogP contribution in [0.4, 0.5) is 0 Å². The summed E-state index contributed by atoms with van der Waals surface area (Å²) in [5.41, 5.74) is 8.41. The monoisotopic (exact) mass is 237 g/mol. The molecule has 0 saturated heterocycles. The molecule has 0 aliphatic carbocycles. The second kappa shape index (κ2) is 6.77. The lowest BCUT2D eigenvalue weighted by Crippen LogP contribution is -2.11. The number of nitrogens with two attached hydrogens (primary N) is 1. The van der Waals surface area contributed by atoms with Gasteiger partial charge in [0.25, 0.3) is 0 Å². The lowest BCUT2D eigenvalue weighted by Gasteiger charge is -2.12. The average molecular weight is 237 g/mol. The molecular formula is C17H19N. The molecule has 0 fully saturated rings. The Morgan fingerprint density at radius 3 is 2.11 bits per heavy atom. The van der Waals surface area contributed by atoms with Crippen molar-refractivity contribution in [1.29, 1.82) is 0 Å². The molecule has 0 aromatic heterocycles. The number of rotatable bonds is 5. The van der Waals surface area contributed by atoms with E-state index in [4.69, 9.17) is 5.73 Å². The Labute approximate surface area is 109 Å². The predicted octanol–water partition coefficient (Wildman–Crippen LogP) is 3.83. The first-order valence-electron chi connectivity index (χ1n) is 6.37. The Kier molecular flexibility index (Phi) is 4.74. The first-order valence-corrected chi connectivity index (χ1v) is 6.37. The molecule has 0 saturated carbocycles. The highest BCUT2D eigenvalue weighted by molar-refractivity contribution is 5.48. The Morgan fingerprint density at radius 1 is 0.889 bits per heavy atom. The van der Waals surface area contributed by atoms with Crippen molar-refractivity contribution in [3.63, 3.8) is 0 Å². The van der Waals surface area contributed by atoms with Gasteiger partial charge < -0.3 is 5.73 Å². The third kappa shape index (κ3) is 3.57. The summed E-state index contributed by atoms with van der Waals surface area (Å²) in [6.45, 7) is 0.684. The highest BCUT2D eigenvalue weighted by Gasteiger charge is 2.06. The lowest BCUT2D eigenvalue weighted by atomic mass is 9.95. The molecule has 1 heteroatoms. The van der Waals surface area contributed by atoms with Gasteiger partial charge in [0.05, 0.1) is 0 Å². The molecule has 1 atom stereocenters. The van der Waals surface area contributed by atoms with Crippen LogP contribution in [0.2, 0.25) is 0 Å². The van der Waals surface area contributed by atoms with Gasteiger partial charge in [0.15, 0.2) is 0 Å². The van der Waals surface area contributed by atoms with Crippen molar-refractivity contribution in [2.75, 3.05) is 6.54 Å². The maximum absolute atomic E-state index is 5.85. The molecule has 18 heavy (non-hydrogen) atoms. The number of hydrogen-bond donors (Lipinski definition) is 1. The zero-order chi connectivity index (χ0) is 12.6. The van der Waals surface area contributed by atoms with Crippen LogP contribution >= 0.6 is 0 Å². The summed E-state index contributed by atoms with van der Waals surface area (Å²) < 4.78 is 0. The molecule has 0 heterocycles. The normalized spacial score (nSPS) is 12.7. The number of hydrogen-bond acceptors (Lipinski definition) is 1. The van der Waals surface area contributed by atoms with Crippen LogP contribution in [-0.4, -0.2) is 6.54 Å². The van der Waals surface area contributed by atoms with Crippen LogP contribution in [0.5, 0.6) is 0 Å². The minimum absolute atomic E-state index is 0.408. The van der Waals surface area contributed by atoms with E-state index in [-0.39, 0.29) is 0 Å². The largest absolute Gasteiger partial charge is 0.330 e. The molecule has 2 rings (SSSR count). The van der Waals surface area contributed by atoms with E-state index in [1.807, 2.05) is 12.1 Å². The lowest BCUT2D eigenvalue weighted by molar-refractivity contribution is 0.711. The van der Waals surface area contributed by atoms with E-state index < -0.39 is 0 Å². The van der Waals surface area contributed by atoms with Crippen LogP contribution in [-0.2, 0) is 0 Å². The highest BCUT2D eigenvalue weighted by atomic mass is 14.5. The van der Waals surface area contributed by atoms with Gasteiger partial charge >= 0.3 is 0 Å². The van der Waals surface area contributed by atoms with Crippen LogP contribution in [0.1, 0.15) is 23.5 Å². The van der Waals surface area contributed by atoms with E-state index in [0.717, 1.165) is 6.42 Å². The molecule has 0 amide bonds. The fraction of sp³-hybridized carbons (Fsp3) is 0.176. The van der Waals surface area contributed by atoms with E-state index >= 15 is 0 Å². The molecule has 2 N–H and O–H groups in total. The molecule has 1 nitrogen and oxygen atoms in total. The van der Waals surface area contributed by atoms with E-state index in [0.29, 0.717) is 12.5 Å². The van der Waals surface area contributed by atoms with Crippen molar-refractivity contribution in [2.24, 2.45) is 5.73 Å². The number of allylic oxidation sites excluding steroid dienone is 1. The molecule has 0 radical (unpaired) electrons. The topological polar surface area (TPSA) is 26.0 Å². The van der Waals surface area contributed by atoms with E-state index in [1.165, 1.54) is 11.1 Å².